The predicted octanol–water partition coefficient (Wildman–Crippen LogP) is 1.87. The Morgan fingerprint density at radius 2 is 2.00 bits per heavy atom. The molecule has 0 heterocycles. The highest BCUT2D eigenvalue weighted by molar-refractivity contribution is 5.77. The molecule has 0 aliphatic carbocycles. The molecule has 0 radical (unpaired) electrons. The molecule has 3 heteroatoms. The van der Waals surface area contributed by atoms with Crippen LogP contribution in [0.1, 0.15) is 25.0 Å². The molecule has 0 saturated carbocycles. The molecule has 1 aromatic rings. The molecule has 0 atom stereocenters. The smallest absolute Gasteiger partial charge is 0.222 e. The lowest BCUT2D eigenvalue weighted by atomic mass is 10.1. The molecule has 1 amide bonds. The average molecular weight is 216 g/mol. The van der Waals surface area contributed by atoms with Crippen LogP contribution in [0.4, 0.5) is 0 Å². The molecule has 1 N–H and O–H groups in total. The lowest BCUT2D eigenvalue weighted by Crippen LogP contribution is -2.29. The maximum atomic E-state index is 11.3. The Morgan fingerprint density at radius 1 is 1.38 bits per heavy atom. The molecular formula is C13H16N2O. The largest absolute Gasteiger partial charge is 0.356 e. The molecule has 0 bridgehead atoms. The fraction of sp³-hybridized carbons (Fsp3) is 0.385. The molecule has 0 fully saturated rings. The predicted molar refractivity (Wildman–Crippen MR) is 62.7 cm³/mol. The molecule has 0 saturated heterocycles. The van der Waals surface area contributed by atoms with E-state index in [0.29, 0.717) is 12.1 Å². The number of carbonyl (C=O) groups is 1. The van der Waals surface area contributed by atoms with Gasteiger partial charge in [0.05, 0.1) is 11.6 Å². The van der Waals surface area contributed by atoms with E-state index < -0.39 is 0 Å². The van der Waals surface area contributed by atoms with E-state index in [0.717, 1.165) is 12.0 Å². The standard InChI is InChI=1S/C13H16N2O/c1-10(2)13(16)15-8-7-11-3-5-12(9-14)6-4-11/h3-6,10H,7-8H2,1-2H3,(H,15,16). The van der Waals surface area contributed by atoms with Gasteiger partial charge in [0.15, 0.2) is 0 Å². The molecule has 84 valence electrons. The van der Waals surface area contributed by atoms with Gasteiger partial charge in [0.1, 0.15) is 0 Å². The van der Waals surface area contributed by atoms with E-state index in [1.807, 2.05) is 26.0 Å². The monoisotopic (exact) mass is 216 g/mol. The van der Waals surface area contributed by atoms with E-state index in [-0.39, 0.29) is 11.8 Å². The van der Waals surface area contributed by atoms with Gasteiger partial charge in [-0.3, -0.25) is 4.79 Å². The summed E-state index contributed by atoms with van der Waals surface area (Å²) in [5.41, 5.74) is 1.79. The zero-order valence-electron chi connectivity index (χ0n) is 9.66. The highest BCUT2D eigenvalue weighted by Crippen LogP contribution is 2.03. The van der Waals surface area contributed by atoms with Crippen molar-refractivity contribution < 1.29 is 4.79 Å². The van der Waals surface area contributed by atoms with E-state index in [4.69, 9.17) is 5.26 Å². The Bertz CT molecular complexity index is 387. The molecule has 3 nitrogen and oxygen atoms in total. The van der Waals surface area contributed by atoms with Gasteiger partial charge in [-0.25, -0.2) is 0 Å². The number of hydrogen-bond acceptors (Lipinski definition) is 2. The average Bonchev–Trinajstić information content (AvgIpc) is 2.29. The third kappa shape index (κ3) is 3.74. The second kappa shape index (κ2) is 5.92. The van der Waals surface area contributed by atoms with Crippen molar-refractivity contribution in [2.24, 2.45) is 5.92 Å². The summed E-state index contributed by atoms with van der Waals surface area (Å²) in [7, 11) is 0. The zero-order valence-corrected chi connectivity index (χ0v) is 9.66. The summed E-state index contributed by atoms with van der Waals surface area (Å²) >= 11 is 0. The van der Waals surface area contributed by atoms with E-state index >= 15 is 0 Å². The molecule has 0 aliphatic heterocycles. The number of amides is 1. The first kappa shape index (κ1) is 12.3. The summed E-state index contributed by atoms with van der Waals surface area (Å²) in [5, 5.41) is 11.5. The van der Waals surface area contributed by atoms with Crippen molar-refractivity contribution in [1.29, 1.82) is 5.26 Å². The number of rotatable bonds is 4. The third-order valence-corrected chi connectivity index (χ3v) is 2.32. The molecule has 0 spiro atoms. The van der Waals surface area contributed by atoms with Crippen LogP contribution in [0.15, 0.2) is 24.3 Å². The Balaban J connectivity index is 2.38. The quantitative estimate of drug-likeness (QED) is 0.835. The first-order chi connectivity index (χ1) is 7.63. The van der Waals surface area contributed by atoms with Crippen molar-refractivity contribution in [3.05, 3.63) is 35.4 Å². The van der Waals surface area contributed by atoms with Crippen molar-refractivity contribution in [3.63, 3.8) is 0 Å². The molecule has 0 unspecified atom stereocenters. The number of nitrogens with one attached hydrogen (secondary N) is 1. The normalized spacial score (nSPS) is 9.88. The number of nitrogens with zero attached hydrogens (tertiary/aromatic N) is 1. The van der Waals surface area contributed by atoms with Crippen LogP contribution in [-0.4, -0.2) is 12.5 Å². The minimum absolute atomic E-state index is 0.0287. The van der Waals surface area contributed by atoms with Gasteiger partial charge in [-0.15, -0.1) is 0 Å². The molecule has 1 rings (SSSR count). The van der Waals surface area contributed by atoms with Crippen molar-refractivity contribution >= 4 is 5.91 Å². The van der Waals surface area contributed by atoms with Crippen LogP contribution in [0.5, 0.6) is 0 Å². The summed E-state index contributed by atoms with van der Waals surface area (Å²) in [6, 6.07) is 9.49. The van der Waals surface area contributed by atoms with Gasteiger partial charge < -0.3 is 5.32 Å². The Morgan fingerprint density at radius 3 is 2.50 bits per heavy atom. The molecule has 16 heavy (non-hydrogen) atoms. The van der Waals surface area contributed by atoms with Crippen LogP contribution in [0.3, 0.4) is 0 Å². The van der Waals surface area contributed by atoms with Crippen molar-refractivity contribution in [2.45, 2.75) is 20.3 Å². The SMILES string of the molecule is CC(C)C(=O)NCCc1ccc(C#N)cc1. The zero-order chi connectivity index (χ0) is 12.0. The number of nitriles is 1. The fourth-order valence-corrected chi connectivity index (χ4v) is 1.28. The molecule has 0 aromatic heterocycles. The maximum Gasteiger partial charge on any atom is 0.222 e. The number of carbonyl (C=O) groups excluding carboxylic acids is 1. The van der Waals surface area contributed by atoms with Crippen molar-refractivity contribution in [3.8, 4) is 6.07 Å². The summed E-state index contributed by atoms with van der Waals surface area (Å²) in [4.78, 5) is 11.3. The van der Waals surface area contributed by atoms with Crippen molar-refractivity contribution in [1.82, 2.24) is 5.32 Å². The minimum atomic E-state index is 0.0287. The Hall–Kier alpha value is -1.82. The maximum absolute atomic E-state index is 11.3. The van der Waals surface area contributed by atoms with Gasteiger partial charge in [0.25, 0.3) is 0 Å². The van der Waals surface area contributed by atoms with E-state index in [2.05, 4.69) is 11.4 Å². The lowest BCUT2D eigenvalue weighted by molar-refractivity contribution is -0.123. The van der Waals surface area contributed by atoms with Gasteiger partial charge >= 0.3 is 0 Å². The summed E-state index contributed by atoms with van der Waals surface area (Å²) in [6.07, 6.45) is 0.796. The van der Waals surface area contributed by atoms with Gasteiger partial charge in [0.2, 0.25) is 5.91 Å². The molecule has 1 aromatic carbocycles. The summed E-state index contributed by atoms with van der Waals surface area (Å²) in [5.74, 6) is 0.106. The first-order valence-electron chi connectivity index (χ1n) is 5.40. The Kier molecular flexibility index (Phi) is 4.53. The number of benzene rings is 1. The highest BCUT2D eigenvalue weighted by atomic mass is 16.1. The van der Waals surface area contributed by atoms with Crippen LogP contribution in [-0.2, 0) is 11.2 Å². The number of hydrogen-bond donors (Lipinski definition) is 1. The molecule has 0 aliphatic rings. The van der Waals surface area contributed by atoms with E-state index in [1.165, 1.54) is 0 Å². The van der Waals surface area contributed by atoms with Crippen LogP contribution < -0.4 is 5.32 Å². The van der Waals surface area contributed by atoms with Gasteiger partial charge in [-0.05, 0) is 24.1 Å². The minimum Gasteiger partial charge on any atom is -0.356 e. The van der Waals surface area contributed by atoms with Crippen LogP contribution in [0.2, 0.25) is 0 Å². The van der Waals surface area contributed by atoms with Crippen LogP contribution in [0, 0.1) is 17.2 Å². The van der Waals surface area contributed by atoms with Gasteiger partial charge in [0, 0.05) is 12.5 Å². The van der Waals surface area contributed by atoms with Gasteiger partial charge in [-0.2, -0.15) is 5.26 Å². The molecular weight excluding hydrogens is 200 g/mol. The van der Waals surface area contributed by atoms with E-state index in [1.54, 1.807) is 12.1 Å². The van der Waals surface area contributed by atoms with Crippen LogP contribution in [0.25, 0.3) is 0 Å². The van der Waals surface area contributed by atoms with Crippen LogP contribution >= 0.6 is 0 Å². The third-order valence-electron chi connectivity index (χ3n) is 2.32. The topological polar surface area (TPSA) is 52.9 Å². The summed E-state index contributed by atoms with van der Waals surface area (Å²) in [6.45, 7) is 4.39. The van der Waals surface area contributed by atoms with E-state index in [9.17, 15) is 4.79 Å². The highest BCUT2D eigenvalue weighted by Gasteiger charge is 2.04. The summed E-state index contributed by atoms with van der Waals surface area (Å²) < 4.78 is 0. The van der Waals surface area contributed by atoms with Gasteiger partial charge in [-0.1, -0.05) is 26.0 Å². The Labute approximate surface area is 96.1 Å². The van der Waals surface area contributed by atoms with Crippen molar-refractivity contribution in [2.75, 3.05) is 6.54 Å². The fourth-order valence-electron chi connectivity index (χ4n) is 1.28. The second-order valence-electron chi connectivity index (χ2n) is 4.00. The second-order valence-corrected chi connectivity index (χ2v) is 4.00. The first-order valence-corrected chi connectivity index (χ1v) is 5.40. The lowest BCUT2D eigenvalue weighted by Gasteiger charge is -2.07.